The normalized spacial score (nSPS) is 8.88. The van der Waals surface area contributed by atoms with Gasteiger partial charge >= 0.3 is 63.3 Å². The van der Waals surface area contributed by atoms with Crippen molar-refractivity contribution in [3.05, 3.63) is 0 Å². The fourth-order valence-electron chi connectivity index (χ4n) is 0.745. The molecule has 0 aromatic carbocycles. The maximum atomic E-state index is 11.0. The molecule has 0 saturated carbocycles. The average Bonchev–Trinajstić information content (AvgIpc) is 2.22. The van der Waals surface area contributed by atoms with E-state index in [9.17, 15) is 14.4 Å². The van der Waals surface area contributed by atoms with E-state index < -0.39 is 24.1 Å². The van der Waals surface area contributed by atoms with Crippen molar-refractivity contribution in [2.45, 2.75) is 33.1 Å². The van der Waals surface area contributed by atoms with Gasteiger partial charge in [-0.15, -0.1) is 0 Å². The van der Waals surface area contributed by atoms with Crippen LogP contribution in [0.1, 0.15) is 34.5 Å². The Morgan fingerprint density at radius 3 is 2.00 bits per heavy atom. The van der Waals surface area contributed by atoms with Crippen molar-refractivity contribution in [1.82, 2.24) is 0 Å². The van der Waals surface area contributed by atoms with Crippen molar-refractivity contribution < 1.29 is 76.7 Å². The minimum atomic E-state index is -0.967. The van der Waals surface area contributed by atoms with Gasteiger partial charge in [0.25, 0.3) is 5.78 Å². The van der Waals surface area contributed by atoms with E-state index in [1.54, 1.807) is 0 Å². The molecule has 0 fully saturated rings. The molecule has 88 valence electrons. The Labute approximate surface area is 139 Å². The van der Waals surface area contributed by atoms with Gasteiger partial charge in [-0.1, -0.05) is 13.8 Å². The van der Waals surface area contributed by atoms with Gasteiger partial charge in [-0.05, 0) is 12.8 Å². The van der Waals surface area contributed by atoms with Crippen LogP contribution in [0.3, 0.4) is 0 Å². The van der Waals surface area contributed by atoms with E-state index in [1.807, 2.05) is 13.8 Å². The molecule has 0 aliphatic carbocycles. The summed E-state index contributed by atoms with van der Waals surface area (Å²) in [7, 11) is 0. The van der Waals surface area contributed by atoms with Crippen molar-refractivity contribution in [3.63, 3.8) is 0 Å². The molecular formula is C10H17KO5. The number of carbonyl (C=O) groups is 3. The molecule has 0 radical (unpaired) electrons. The average molecular weight is 256 g/mol. The van der Waals surface area contributed by atoms with Crippen LogP contribution in [-0.2, 0) is 23.9 Å². The van der Waals surface area contributed by atoms with E-state index >= 15 is 0 Å². The van der Waals surface area contributed by atoms with Crippen LogP contribution in [0.15, 0.2) is 0 Å². The van der Waals surface area contributed by atoms with Crippen molar-refractivity contribution in [3.8, 4) is 0 Å². The summed E-state index contributed by atoms with van der Waals surface area (Å²) in [5, 5.41) is 0. The smallest absolute Gasteiger partial charge is 1.00 e. The first-order valence-corrected chi connectivity index (χ1v) is 4.97. The quantitative estimate of drug-likeness (QED) is 0.227. The van der Waals surface area contributed by atoms with Crippen LogP contribution in [0.4, 0.5) is 0 Å². The third kappa shape index (κ3) is 9.47. The molecule has 0 spiro atoms. The van der Waals surface area contributed by atoms with E-state index in [1.165, 1.54) is 0 Å². The monoisotopic (exact) mass is 256 g/mol. The van der Waals surface area contributed by atoms with Gasteiger partial charge in [0.05, 0.1) is 13.2 Å². The Bertz CT molecular complexity index is 245. The number of ketones is 1. The van der Waals surface area contributed by atoms with E-state index in [0.717, 1.165) is 0 Å². The maximum absolute atomic E-state index is 11.0. The first-order valence-electron chi connectivity index (χ1n) is 4.97. The Hall–Kier alpha value is 0.246. The van der Waals surface area contributed by atoms with Gasteiger partial charge in [0.2, 0.25) is 0 Å². The first kappa shape index (κ1) is 18.6. The molecule has 0 heterocycles. The van der Waals surface area contributed by atoms with Crippen LogP contribution in [-0.4, -0.2) is 30.9 Å². The van der Waals surface area contributed by atoms with Crippen molar-refractivity contribution >= 4 is 17.7 Å². The molecule has 0 amide bonds. The number of hydrogen-bond acceptors (Lipinski definition) is 5. The summed E-state index contributed by atoms with van der Waals surface area (Å²) in [6, 6.07) is 0. The topological polar surface area (TPSA) is 69.7 Å². The Kier molecular flexibility index (Phi) is 13.6. The van der Waals surface area contributed by atoms with Crippen LogP contribution >= 0.6 is 0 Å². The number of Topliss-reactive ketones (excluding diaryl/α,β-unsaturated/α-hetero) is 1. The molecule has 0 aromatic heterocycles. The zero-order valence-electron chi connectivity index (χ0n) is 11.1. The fourth-order valence-corrected chi connectivity index (χ4v) is 0.745. The molecule has 0 atom stereocenters. The molecule has 0 bridgehead atoms. The molecule has 0 N–H and O–H groups in total. The van der Waals surface area contributed by atoms with Crippen molar-refractivity contribution in [1.29, 1.82) is 0 Å². The predicted molar refractivity (Wildman–Crippen MR) is 53.2 cm³/mol. The molecule has 0 aliphatic rings. The number of ether oxygens (including phenoxy) is 2. The molecule has 5 nitrogen and oxygen atoms in total. The van der Waals surface area contributed by atoms with E-state index in [2.05, 4.69) is 9.47 Å². The van der Waals surface area contributed by atoms with E-state index in [0.29, 0.717) is 12.8 Å². The van der Waals surface area contributed by atoms with Gasteiger partial charge in [0, 0.05) is 0 Å². The van der Waals surface area contributed by atoms with Crippen LogP contribution in [0.25, 0.3) is 0 Å². The summed E-state index contributed by atoms with van der Waals surface area (Å²) in [5.74, 6) is -2.51. The van der Waals surface area contributed by atoms with Crippen LogP contribution < -0.4 is 51.4 Å². The second-order valence-electron chi connectivity index (χ2n) is 2.96. The van der Waals surface area contributed by atoms with Crippen LogP contribution in [0.5, 0.6) is 0 Å². The Morgan fingerprint density at radius 2 is 1.50 bits per heavy atom. The molecule has 16 heavy (non-hydrogen) atoms. The SMILES string of the molecule is CCCOC(=O)CC(=O)C(=O)OCCC.[H-].[K+]. The maximum Gasteiger partial charge on any atom is 1.00 e. The third-order valence-corrected chi connectivity index (χ3v) is 1.44. The number of carbonyl (C=O) groups excluding carboxylic acids is 3. The van der Waals surface area contributed by atoms with E-state index in [4.69, 9.17) is 0 Å². The Morgan fingerprint density at radius 1 is 1.00 bits per heavy atom. The minimum Gasteiger partial charge on any atom is -1.00 e. The molecular weight excluding hydrogens is 239 g/mol. The van der Waals surface area contributed by atoms with Gasteiger partial charge in [-0.25, -0.2) is 4.79 Å². The second kappa shape index (κ2) is 11.7. The summed E-state index contributed by atoms with van der Waals surface area (Å²) in [4.78, 5) is 32.9. The molecule has 0 saturated heterocycles. The molecule has 0 aliphatic heterocycles. The zero-order valence-corrected chi connectivity index (χ0v) is 13.2. The largest absolute Gasteiger partial charge is 1.00 e. The summed E-state index contributed by atoms with van der Waals surface area (Å²) in [6.07, 6.45) is 0.780. The molecule has 0 unspecified atom stereocenters. The standard InChI is InChI=1S/C10H16O5.K.H/c1-3-5-14-9(12)7-8(11)10(13)15-6-4-2;;/h3-7H2,1-2H3;;/q;+1;-1. The Balaban J connectivity index is -0.000000980. The van der Waals surface area contributed by atoms with Gasteiger partial charge in [0.1, 0.15) is 6.42 Å². The molecule has 0 rings (SSSR count). The first-order chi connectivity index (χ1) is 7.11. The van der Waals surface area contributed by atoms with Crippen LogP contribution in [0.2, 0.25) is 0 Å². The van der Waals surface area contributed by atoms with Gasteiger partial charge in [-0.3, -0.25) is 9.59 Å². The van der Waals surface area contributed by atoms with Crippen molar-refractivity contribution in [2.24, 2.45) is 0 Å². The molecule has 6 heteroatoms. The molecule has 0 aromatic rings. The van der Waals surface area contributed by atoms with Gasteiger partial charge in [-0.2, -0.15) is 0 Å². The number of rotatable bonds is 7. The fraction of sp³-hybridized carbons (Fsp3) is 0.700. The number of hydrogen-bond donors (Lipinski definition) is 0. The summed E-state index contributed by atoms with van der Waals surface area (Å²) < 4.78 is 9.21. The summed E-state index contributed by atoms with van der Waals surface area (Å²) >= 11 is 0. The predicted octanol–water partition coefficient (Wildman–Crippen LogP) is -2.03. The van der Waals surface area contributed by atoms with Gasteiger partial charge < -0.3 is 10.9 Å². The second-order valence-corrected chi connectivity index (χ2v) is 2.96. The zero-order chi connectivity index (χ0) is 11.7. The number of esters is 2. The van der Waals surface area contributed by atoms with E-state index in [-0.39, 0.29) is 66.0 Å². The summed E-state index contributed by atoms with van der Waals surface area (Å²) in [5.41, 5.74) is 0. The summed E-state index contributed by atoms with van der Waals surface area (Å²) in [6.45, 7) is 4.10. The van der Waals surface area contributed by atoms with Gasteiger partial charge in [0.15, 0.2) is 0 Å². The third-order valence-electron chi connectivity index (χ3n) is 1.44. The minimum absolute atomic E-state index is 0. The van der Waals surface area contributed by atoms with Crippen molar-refractivity contribution in [2.75, 3.05) is 13.2 Å². The van der Waals surface area contributed by atoms with Crippen LogP contribution in [0, 0.1) is 0 Å².